The van der Waals surface area contributed by atoms with Gasteiger partial charge in [-0.1, -0.05) is 13.3 Å². The van der Waals surface area contributed by atoms with Crippen molar-refractivity contribution in [1.82, 2.24) is 4.90 Å². The predicted octanol–water partition coefficient (Wildman–Crippen LogP) is 3.62. The Kier molecular flexibility index (Phi) is 6.31. The van der Waals surface area contributed by atoms with Crippen molar-refractivity contribution in [3.05, 3.63) is 0 Å². The average Bonchev–Trinajstić information content (AvgIpc) is 2.34. The van der Waals surface area contributed by atoms with Gasteiger partial charge in [0, 0.05) is 12.6 Å². The van der Waals surface area contributed by atoms with Crippen molar-refractivity contribution in [1.29, 1.82) is 0 Å². The van der Waals surface area contributed by atoms with Crippen LogP contribution in [0.15, 0.2) is 0 Å². The zero-order valence-electron chi connectivity index (χ0n) is 13.4. The van der Waals surface area contributed by atoms with Gasteiger partial charge in [-0.25, -0.2) is 0 Å². The molecule has 0 N–H and O–H groups in total. The highest BCUT2D eigenvalue weighted by molar-refractivity contribution is 5.70. The van der Waals surface area contributed by atoms with Gasteiger partial charge in [-0.15, -0.1) is 0 Å². The zero-order chi connectivity index (χ0) is 14.5. The molecule has 3 heteroatoms. The van der Waals surface area contributed by atoms with E-state index >= 15 is 0 Å². The molecule has 0 heterocycles. The number of carbonyl (C=O) groups excluding carboxylic acids is 1. The van der Waals surface area contributed by atoms with E-state index in [-0.39, 0.29) is 11.6 Å². The van der Waals surface area contributed by atoms with E-state index in [4.69, 9.17) is 4.74 Å². The average molecular weight is 269 g/mol. The van der Waals surface area contributed by atoms with Gasteiger partial charge < -0.3 is 9.64 Å². The number of carbonyl (C=O) groups is 1. The molecule has 0 aromatic heterocycles. The molecule has 1 saturated carbocycles. The topological polar surface area (TPSA) is 29.5 Å². The first-order chi connectivity index (χ1) is 8.81. The molecular formula is C16H31NO2. The minimum atomic E-state index is -0.366. The Morgan fingerprint density at radius 1 is 1.21 bits per heavy atom. The van der Waals surface area contributed by atoms with Crippen LogP contribution in [-0.4, -0.2) is 36.1 Å². The van der Waals surface area contributed by atoms with E-state index in [1.165, 1.54) is 32.1 Å². The summed E-state index contributed by atoms with van der Waals surface area (Å²) in [5.74, 6) is 0.845. The number of rotatable bonds is 5. The van der Waals surface area contributed by atoms with Crippen LogP contribution in [-0.2, 0) is 9.53 Å². The van der Waals surface area contributed by atoms with E-state index in [0.29, 0.717) is 12.5 Å². The normalized spacial score (nSPS) is 24.5. The molecule has 0 spiro atoms. The Morgan fingerprint density at radius 2 is 1.79 bits per heavy atom. The molecule has 0 bridgehead atoms. The van der Waals surface area contributed by atoms with Crippen molar-refractivity contribution in [2.24, 2.45) is 5.92 Å². The molecule has 0 atom stereocenters. The monoisotopic (exact) mass is 269 g/mol. The quantitative estimate of drug-likeness (QED) is 0.714. The lowest BCUT2D eigenvalue weighted by Crippen LogP contribution is -2.37. The maximum absolute atomic E-state index is 11.7. The highest BCUT2D eigenvalue weighted by Gasteiger charge is 2.24. The van der Waals surface area contributed by atoms with Gasteiger partial charge >= 0.3 is 5.97 Å². The molecule has 1 aliphatic rings. The van der Waals surface area contributed by atoms with Crippen LogP contribution >= 0.6 is 0 Å². The molecule has 1 fully saturated rings. The van der Waals surface area contributed by atoms with Crippen LogP contribution < -0.4 is 0 Å². The number of hydrogen-bond donors (Lipinski definition) is 0. The number of nitrogens with zero attached hydrogens (tertiary/aromatic N) is 1. The highest BCUT2D eigenvalue weighted by Crippen LogP contribution is 2.28. The minimum Gasteiger partial charge on any atom is -0.460 e. The summed E-state index contributed by atoms with van der Waals surface area (Å²) in [6, 6.07) is 0.658. The van der Waals surface area contributed by atoms with E-state index in [1.807, 2.05) is 20.8 Å². The van der Waals surface area contributed by atoms with Crippen LogP contribution in [0.1, 0.15) is 66.2 Å². The Balaban J connectivity index is 2.24. The molecule has 0 saturated heterocycles. The lowest BCUT2D eigenvalue weighted by atomic mass is 9.84. The first kappa shape index (κ1) is 16.5. The fourth-order valence-electron chi connectivity index (χ4n) is 2.84. The lowest BCUT2D eigenvalue weighted by Gasteiger charge is -2.34. The molecule has 0 amide bonds. The molecule has 0 aromatic rings. The smallest absolute Gasteiger partial charge is 0.307 e. The largest absolute Gasteiger partial charge is 0.460 e. The second kappa shape index (κ2) is 7.28. The predicted molar refractivity (Wildman–Crippen MR) is 79.1 cm³/mol. The van der Waals surface area contributed by atoms with Crippen LogP contribution in [0.2, 0.25) is 0 Å². The molecule has 1 rings (SSSR count). The molecule has 0 aliphatic heterocycles. The molecule has 1 aliphatic carbocycles. The van der Waals surface area contributed by atoms with Crippen LogP contribution in [0.3, 0.4) is 0 Å². The van der Waals surface area contributed by atoms with Crippen molar-refractivity contribution < 1.29 is 9.53 Å². The molecule has 0 radical (unpaired) electrons. The third kappa shape index (κ3) is 6.42. The van der Waals surface area contributed by atoms with Gasteiger partial charge in [0.1, 0.15) is 5.60 Å². The fourth-order valence-corrected chi connectivity index (χ4v) is 2.84. The molecule has 19 heavy (non-hydrogen) atoms. The van der Waals surface area contributed by atoms with Crippen molar-refractivity contribution >= 4 is 5.97 Å². The second-order valence-electron chi connectivity index (χ2n) is 6.90. The first-order valence-electron chi connectivity index (χ1n) is 7.74. The van der Waals surface area contributed by atoms with Crippen molar-refractivity contribution in [2.45, 2.75) is 77.9 Å². The Labute approximate surface area is 118 Å². The Morgan fingerprint density at radius 3 is 2.26 bits per heavy atom. The summed E-state index contributed by atoms with van der Waals surface area (Å²) in [5.41, 5.74) is -0.366. The van der Waals surface area contributed by atoms with Gasteiger partial charge in [0.05, 0.1) is 6.42 Å². The lowest BCUT2D eigenvalue weighted by molar-refractivity contribution is -0.155. The number of ether oxygens (including phenoxy) is 1. The third-order valence-corrected chi connectivity index (χ3v) is 4.11. The summed E-state index contributed by atoms with van der Waals surface area (Å²) in [4.78, 5) is 14.0. The van der Waals surface area contributed by atoms with Gasteiger partial charge in [-0.2, -0.15) is 0 Å². The van der Waals surface area contributed by atoms with Crippen LogP contribution in [0.25, 0.3) is 0 Å². The number of esters is 1. The molecule has 112 valence electrons. The maximum atomic E-state index is 11.7. The molecular weight excluding hydrogens is 238 g/mol. The fraction of sp³-hybridized carbons (Fsp3) is 0.938. The first-order valence-corrected chi connectivity index (χ1v) is 7.74. The van der Waals surface area contributed by atoms with Crippen molar-refractivity contribution in [2.75, 3.05) is 13.6 Å². The number of hydrogen-bond acceptors (Lipinski definition) is 3. The molecule has 0 aromatic carbocycles. The molecule has 3 nitrogen and oxygen atoms in total. The van der Waals surface area contributed by atoms with E-state index in [0.717, 1.165) is 12.5 Å². The second-order valence-corrected chi connectivity index (χ2v) is 6.90. The zero-order valence-corrected chi connectivity index (χ0v) is 13.4. The Bertz CT molecular complexity index is 275. The highest BCUT2D eigenvalue weighted by atomic mass is 16.6. The molecule has 0 unspecified atom stereocenters. The van der Waals surface area contributed by atoms with E-state index < -0.39 is 0 Å². The van der Waals surface area contributed by atoms with Gasteiger partial charge in [-0.05, 0) is 59.4 Å². The minimum absolute atomic E-state index is 0.0819. The summed E-state index contributed by atoms with van der Waals surface area (Å²) >= 11 is 0. The summed E-state index contributed by atoms with van der Waals surface area (Å²) in [7, 11) is 2.14. The van der Waals surface area contributed by atoms with Crippen LogP contribution in [0.5, 0.6) is 0 Å². The van der Waals surface area contributed by atoms with Crippen molar-refractivity contribution in [3.8, 4) is 0 Å². The van der Waals surface area contributed by atoms with Gasteiger partial charge in [0.2, 0.25) is 0 Å². The van der Waals surface area contributed by atoms with E-state index in [1.54, 1.807) is 0 Å². The summed E-state index contributed by atoms with van der Waals surface area (Å²) in [6.45, 7) is 8.86. The van der Waals surface area contributed by atoms with E-state index in [2.05, 4.69) is 18.9 Å². The van der Waals surface area contributed by atoms with Crippen LogP contribution in [0, 0.1) is 5.92 Å². The maximum Gasteiger partial charge on any atom is 0.307 e. The summed E-state index contributed by atoms with van der Waals surface area (Å²) < 4.78 is 5.34. The van der Waals surface area contributed by atoms with E-state index in [9.17, 15) is 4.79 Å². The standard InChI is InChI=1S/C16H31NO2/c1-6-13-7-9-14(10-8-13)17(5)12-11-15(18)19-16(2,3)4/h13-14H,6-12H2,1-5H3. The van der Waals surface area contributed by atoms with Gasteiger partial charge in [0.25, 0.3) is 0 Å². The van der Waals surface area contributed by atoms with Gasteiger partial charge in [-0.3, -0.25) is 4.79 Å². The Hall–Kier alpha value is -0.570. The van der Waals surface area contributed by atoms with Crippen LogP contribution in [0.4, 0.5) is 0 Å². The summed E-state index contributed by atoms with van der Waals surface area (Å²) in [6.07, 6.45) is 7.07. The van der Waals surface area contributed by atoms with Crippen molar-refractivity contribution in [3.63, 3.8) is 0 Å². The third-order valence-electron chi connectivity index (χ3n) is 4.11. The van der Waals surface area contributed by atoms with Gasteiger partial charge in [0.15, 0.2) is 0 Å². The summed E-state index contributed by atoms with van der Waals surface area (Å²) in [5, 5.41) is 0. The SMILES string of the molecule is CCC1CCC(N(C)CCC(=O)OC(C)(C)C)CC1.